The molecule has 0 aliphatic carbocycles. The van der Waals surface area contributed by atoms with Crippen LogP contribution in [0.2, 0.25) is 0 Å². The third-order valence-corrected chi connectivity index (χ3v) is 3.91. The summed E-state index contributed by atoms with van der Waals surface area (Å²) in [6.07, 6.45) is 1.87. The Balaban J connectivity index is -0.000000712. The SMILES string of the molecule is CCCCOC(O)C(CO)(CO)C(O)(CC)OCCCC.OP(O)O.OP(O)O. The first-order valence-corrected chi connectivity index (χ1v) is 11.5. The van der Waals surface area contributed by atoms with Gasteiger partial charge in [-0.05, 0) is 19.3 Å². The van der Waals surface area contributed by atoms with Crippen molar-refractivity contribution >= 4 is 17.2 Å². The van der Waals surface area contributed by atoms with E-state index in [1.54, 1.807) is 6.92 Å². The van der Waals surface area contributed by atoms with Crippen molar-refractivity contribution in [1.82, 2.24) is 0 Å². The van der Waals surface area contributed by atoms with Gasteiger partial charge in [-0.1, -0.05) is 33.6 Å². The lowest BCUT2D eigenvalue weighted by molar-refractivity contribution is -0.349. The highest BCUT2D eigenvalue weighted by atomic mass is 31.2. The molecule has 0 amide bonds. The minimum absolute atomic E-state index is 0.117. The Morgan fingerprint density at radius 2 is 1.17 bits per heavy atom. The fourth-order valence-corrected chi connectivity index (χ4v) is 2.13. The van der Waals surface area contributed by atoms with E-state index in [0.29, 0.717) is 0 Å². The van der Waals surface area contributed by atoms with Crippen molar-refractivity contribution < 1.29 is 59.3 Å². The van der Waals surface area contributed by atoms with Crippen molar-refractivity contribution in [2.24, 2.45) is 5.41 Å². The number of unbranched alkanes of at least 4 members (excludes halogenated alkanes) is 2. The first-order chi connectivity index (χ1) is 13.4. The van der Waals surface area contributed by atoms with Crippen molar-refractivity contribution in [1.29, 1.82) is 0 Å². The van der Waals surface area contributed by atoms with Gasteiger partial charge >= 0.3 is 17.2 Å². The summed E-state index contributed by atoms with van der Waals surface area (Å²) in [5, 5.41) is 40.3. The molecule has 0 aliphatic rings. The van der Waals surface area contributed by atoms with Gasteiger partial charge < -0.3 is 59.3 Å². The molecule has 0 aromatic heterocycles. The molecular weight excluding hydrogens is 434 g/mol. The predicted molar refractivity (Wildman–Crippen MR) is 107 cm³/mol. The first kappa shape index (κ1) is 34.0. The van der Waals surface area contributed by atoms with Crippen molar-refractivity contribution in [2.45, 2.75) is 65.0 Å². The van der Waals surface area contributed by atoms with E-state index >= 15 is 0 Å². The van der Waals surface area contributed by atoms with E-state index in [2.05, 4.69) is 0 Å². The number of hydrogen-bond donors (Lipinski definition) is 10. The van der Waals surface area contributed by atoms with Crippen LogP contribution in [0, 0.1) is 5.41 Å². The van der Waals surface area contributed by atoms with Gasteiger partial charge in [0.05, 0.1) is 19.8 Å². The fraction of sp³-hybridized carbons (Fsp3) is 1.00. The van der Waals surface area contributed by atoms with Gasteiger partial charge in [0.15, 0.2) is 12.1 Å². The van der Waals surface area contributed by atoms with Crippen LogP contribution in [-0.2, 0) is 9.47 Å². The summed E-state index contributed by atoms with van der Waals surface area (Å²) in [4.78, 5) is 43.4. The molecule has 10 N–H and O–H groups in total. The van der Waals surface area contributed by atoms with Crippen LogP contribution in [-0.4, -0.2) is 88.3 Å². The smallest absolute Gasteiger partial charge is 0.324 e. The maximum Gasteiger partial charge on any atom is 0.324 e. The second-order valence-corrected chi connectivity index (χ2v) is 7.00. The van der Waals surface area contributed by atoms with E-state index < -0.39 is 47.9 Å². The molecule has 2 atom stereocenters. The second kappa shape index (κ2) is 20.3. The van der Waals surface area contributed by atoms with Crippen LogP contribution in [0.1, 0.15) is 52.9 Å². The van der Waals surface area contributed by atoms with Gasteiger partial charge in [-0.25, -0.2) is 0 Å². The van der Waals surface area contributed by atoms with Crippen LogP contribution in [0.15, 0.2) is 0 Å². The lowest BCUT2D eigenvalue weighted by Gasteiger charge is -2.46. The summed E-state index contributed by atoms with van der Waals surface area (Å²) >= 11 is 0. The highest BCUT2D eigenvalue weighted by Gasteiger charge is 2.55. The molecule has 0 aromatic carbocycles. The van der Waals surface area contributed by atoms with Crippen LogP contribution in [0.3, 0.4) is 0 Å². The lowest BCUT2D eigenvalue weighted by atomic mass is 9.78. The summed E-state index contributed by atoms with van der Waals surface area (Å²) in [5.41, 5.74) is -1.68. The average molecular weight is 472 g/mol. The van der Waals surface area contributed by atoms with Crippen molar-refractivity contribution in [2.75, 3.05) is 26.4 Å². The number of aliphatic hydroxyl groups is 4. The van der Waals surface area contributed by atoms with Crippen LogP contribution < -0.4 is 0 Å². The van der Waals surface area contributed by atoms with E-state index in [9.17, 15) is 20.4 Å². The molecule has 0 saturated heterocycles. The monoisotopic (exact) mass is 472 g/mol. The van der Waals surface area contributed by atoms with Crippen LogP contribution in [0.25, 0.3) is 0 Å². The Morgan fingerprint density at radius 3 is 1.48 bits per heavy atom. The number of rotatable bonds is 13. The molecule has 0 heterocycles. The minimum atomic E-state index is -2.62. The molecule has 14 heteroatoms. The zero-order chi connectivity index (χ0) is 23.5. The Bertz CT molecular complexity index is 336. The third-order valence-electron chi connectivity index (χ3n) is 3.91. The summed E-state index contributed by atoms with van der Waals surface area (Å²) in [5.74, 6) is -1.85. The fourth-order valence-electron chi connectivity index (χ4n) is 2.13. The zero-order valence-electron chi connectivity index (χ0n) is 17.1. The first-order valence-electron chi connectivity index (χ1n) is 9.05. The van der Waals surface area contributed by atoms with E-state index in [-0.39, 0.29) is 19.6 Å². The van der Waals surface area contributed by atoms with Crippen molar-refractivity contribution in [3.05, 3.63) is 0 Å². The molecule has 0 aliphatic heterocycles. The van der Waals surface area contributed by atoms with Crippen LogP contribution >= 0.6 is 17.2 Å². The van der Waals surface area contributed by atoms with E-state index in [1.165, 1.54) is 0 Å². The molecule has 0 rings (SSSR count). The van der Waals surface area contributed by atoms with Gasteiger partial charge in [0.1, 0.15) is 5.41 Å². The van der Waals surface area contributed by atoms with Gasteiger partial charge in [-0.2, -0.15) is 0 Å². The molecular formula is C15H38O12P2. The summed E-state index contributed by atoms with van der Waals surface area (Å²) < 4.78 is 10.8. The Kier molecular flexibility index (Phi) is 23.8. The van der Waals surface area contributed by atoms with Crippen molar-refractivity contribution in [3.63, 3.8) is 0 Å². The normalized spacial score (nSPS) is 14.6. The third kappa shape index (κ3) is 15.8. The highest BCUT2D eigenvalue weighted by Crippen LogP contribution is 2.39. The molecule has 180 valence electrons. The maximum absolute atomic E-state index is 10.7. The number of hydrogen-bond acceptors (Lipinski definition) is 12. The van der Waals surface area contributed by atoms with Gasteiger partial charge in [0, 0.05) is 6.61 Å². The van der Waals surface area contributed by atoms with Crippen molar-refractivity contribution in [3.8, 4) is 0 Å². The minimum Gasteiger partial charge on any atom is -0.395 e. The van der Waals surface area contributed by atoms with Crippen LogP contribution in [0.4, 0.5) is 0 Å². The molecule has 0 fully saturated rings. The predicted octanol–water partition coefficient (Wildman–Crippen LogP) is -0.612. The quantitative estimate of drug-likeness (QED) is 0.0921. The summed E-state index contributed by atoms with van der Waals surface area (Å²) in [7, 11) is -5.24. The van der Waals surface area contributed by atoms with Crippen LogP contribution in [0.5, 0.6) is 0 Å². The maximum atomic E-state index is 10.7. The topological polar surface area (TPSA) is 221 Å². The van der Waals surface area contributed by atoms with E-state index in [0.717, 1.165) is 25.7 Å². The van der Waals surface area contributed by atoms with Gasteiger partial charge in [0.25, 0.3) is 0 Å². The van der Waals surface area contributed by atoms with E-state index in [4.69, 9.17) is 38.8 Å². The van der Waals surface area contributed by atoms with Gasteiger partial charge in [0.2, 0.25) is 0 Å². The number of ether oxygens (including phenoxy) is 2. The molecule has 29 heavy (non-hydrogen) atoms. The Labute approximate surface area is 174 Å². The van der Waals surface area contributed by atoms with E-state index in [1.807, 2.05) is 13.8 Å². The second-order valence-electron chi connectivity index (χ2n) is 5.93. The van der Waals surface area contributed by atoms with Gasteiger partial charge in [-0.3, -0.25) is 0 Å². The average Bonchev–Trinajstić information content (AvgIpc) is 2.62. The molecule has 0 spiro atoms. The lowest BCUT2D eigenvalue weighted by Crippen LogP contribution is -2.61. The molecule has 2 unspecified atom stereocenters. The highest BCUT2D eigenvalue weighted by molar-refractivity contribution is 7.38. The number of aliphatic hydroxyl groups excluding tert-OH is 3. The molecule has 0 aromatic rings. The zero-order valence-corrected chi connectivity index (χ0v) is 18.9. The Morgan fingerprint density at radius 1 is 0.793 bits per heavy atom. The largest absolute Gasteiger partial charge is 0.395 e. The standard InChI is InChI=1S/C15H32O6.2H3O3P/c1-4-7-9-20-13(18)14(11-16,12-17)15(19,6-3)21-10-8-5-2;2*1-4(2)3/h13,16-19H,4-12H2,1-3H3;2*1-3H. The molecule has 0 bridgehead atoms. The summed E-state index contributed by atoms with van der Waals surface area (Å²) in [6.45, 7) is 4.92. The summed E-state index contributed by atoms with van der Waals surface area (Å²) in [6, 6.07) is 0. The molecule has 0 radical (unpaired) electrons. The molecule has 12 nitrogen and oxygen atoms in total. The molecule has 0 saturated carbocycles. The Hall–Kier alpha value is 0.380. The van der Waals surface area contributed by atoms with Gasteiger partial charge in [-0.15, -0.1) is 0 Å².